The lowest BCUT2D eigenvalue weighted by atomic mass is 10.1. The predicted molar refractivity (Wildman–Crippen MR) is 79.1 cm³/mol. The quantitative estimate of drug-likeness (QED) is 0.824. The smallest absolute Gasteiger partial charge is 0.0485 e. The van der Waals surface area contributed by atoms with Crippen molar-refractivity contribution in [2.45, 2.75) is 39.3 Å². The lowest BCUT2D eigenvalue weighted by Gasteiger charge is -2.15. The Labute approximate surface area is 115 Å². The van der Waals surface area contributed by atoms with E-state index in [-0.39, 0.29) is 0 Å². The Bertz CT molecular complexity index is 470. The summed E-state index contributed by atoms with van der Waals surface area (Å²) in [4.78, 5) is 4.16. The van der Waals surface area contributed by atoms with Gasteiger partial charge in [-0.3, -0.25) is 4.98 Å². The number of nitrogens with zero attached hydrogens (tertiary/aromatic N) is 2. The van der Waals surface area contributed by atoms with Gasteiger partial charge in [0.1, 0.15) is 0 Å². The molecule has 19 heavy (non-hydrogen) atoms. The minimum Gasteiger partial charge on any atom is -0.350 e. The van der Waals surface area contributed by atoms with E-state index >= 15 is 0 Å². The maximum atomic E-state index is 4.16. The molecular weight excluding hydrogens is 234 g/mol. The van der Waals surface area contributed by atoms with Gasteiger partial charge in [-0.15, -0.1) is 0 Å². The van der Waals surface area contributed by atoms with E-state index in [9.17, 15) is 0 Å². The van der Waals surface area contributed by atoms with E-state index in [0.29, 0.717) is 6.04 Å². The van der Waals surface area contributed by atoms with Crippen LogP contribution in [0.5, 0.6) is 0 Å². The van der Waals surface area contributed by atoms with Crippen molar-refractivity contribution < 1.29 is 0 Å². The Hall–Kier alpha value is -1.61. The van der Waals surface area contributed by atoms with Crippen LogP contribution >= 0.6 is 0 Å². The first-order valence-corrected chi connectivity index (χ1v) is 7.11. The van der Waals surface area contributed by atoms with Crippen LogP contribution in [0.2, 0.25) is 0 Å². The molecule has 2 aromatic rings. The summed E-state index contributed by atoms with van der Waals surface area (Å²) in [5.41, 5.74) is 2.62. The van der Waals surface area contributed by atoms with Gasteiger partial charge in [0, 0.05) is 37.4 Å². The van der Waals surface area contributed by atoms with Crippen LogP contribution in [-0.2, 0) is 6.54 Å². The van der Waals surface area contributed by atoms with E-state index < -0.39 is 0 Å². The molecule has 0 fully saturated rings. The highest BCUT2D eigenvalue weighted by molar-refractivity contribution is 5.17. The van der Waals surface area contributed by atoms with Gasteiger partial charge in [0.15, 0.2) is 0 Å². The standard InChI is InChI=1S/C16H23N3/c1-3-6-16(18-4-2)15-8-10-19(13-15)12-14-7-5-9-17-11-14/h5,7-11,13,16,18H,3-4,6,12H2,1-2H3. The van der Waals surface area contributed by atoms with E-state index in [4.69, 9.17) is 0 Å². The van der Waals surface area contributed by atoms with Crippen molar-refractivity contribution in [2.75, 3.05) is 6.54 Å². The van der Waals surface area contributed by atoms with Crippen molar-refractivity contribution in [1.29, 1.82) is 0 Å². The number of pyridine rings is 1. The van der Waals surface area contributed by atoms with Gasteiger partial charge in [-0.25, -0.2) is 0 Å². The van der Waals surface area contributed by atoms with Crippen molar-refractivity contribution in [3.8, 4) is 0 Å². The van der Waals surface area contributed by atoms with Crippen LogP contribution in [0, 0.1) is 0 Å². The fourth-order valence-corrected chi connectivity index (χ4v) is 2.39. The summed E-state index contributed by atoms with van der Waals surface area (Å²) in [7, 11) is 0. The summed E-state index contributed by atoms with van der Waals surface area (Å²) >= 11 is 0. The third-order valence-electron chi connectivity index (χ3n) is 3.29. The third-order valence-corrected chi connectivity index (χ3v) is 3.29. The molecule has 0 radical (unpaired) electrons. The molecule has 0 saturated carbocycles. The van der Waals surface area contributed by atoms with Gasteiger partial charge in [0.2, 0.25) is 0 Å². The van der Waals surface area contributed by atoms with Gasteiger partial charge in [0.25, 0.3) is 0 Å². The maximum absolute atomic E-state index is 4.16. The van der Waals surface area contributed by atoms with Crippen LogP contribution < -0.4 is 5.32 Å². The van der Waals surface area contributed by atoms with Crippen molar-refractivity contribution >= 4 is 0 Å². The number of aromatic nitrogens is 2. The normalized spacial score (nSPS) is 12.5. The van der Waals surface area contributed by atoms with Crippen LogP contribution in [-0.4, -0.2) is 16.1 Å². The van der Waals surface area contributed by atoms with Crippen LogP contribution in [0.4, 0.5) is 0 Å². The fraction of sp³-hybridized carbons (Fsp3) is 0.438. The molecule has 1 atom stereocenters. The Morgan fingerprint density at radius 3 is 2.89 bits per heavy atom. The second-order valence-electron chi connectivity index (χ2n) is 4.88. The summed E-state index contributed by atoms with van der Waals surface area (Å²) < 4.78 is 2.23. The first-order chi connectivity index (χ1) is 9.33. The van der Waals surface area contributed by atoms with Crippen LogP contribution in [0.1, 0.15) is 43.9 Å². The molecule has 0 amide bonds. The Kier molecular flexibility index (Phi) is 5.16. The largest absolute Gasteiger partial charge is 0.350 e. The highest BCUT2D eigenvalue weighted by Crippen LogP contribution is 2.19. The van der Waals surface area contributed by atoms with E-state index in [2.05, 4.69) is 53.2 Å². The number of nitrogens with one attached hydrogen (secondary N) is 1. The summed E-state index contributed by atoms with van der Waals surface area (Å²) in [5, 5.41) is 3.55. The molecule has 2 aromatic heterocycles. The molecule has 0 aliphatic rings. The summed E-state index contributed by atoms with van der Waals surface area (Å²) in [6.45, 7) is 6.30. The molecule has 2 rings (SSSR count). The van der Waals surface area contributed by atoms with Crippen LogP contribution in [0.25, 0.3) is 0 Å². The number of hydrogen-bond donors (Lipinski definition) is 1. The first kappa shape index (κ1) is 13.8. The molecule has 3 heteroatoms. The van der Waals surface area contributed by atoms with Gasteiger partial charge in [0.05, 0.1) is 0 Å². The van der Waals surface area contributed by atoms with Crippen molar-refractivity contribution in [3.63, 3.8) is 0 Å². The molecule has 0 bridgehead atoms. The summed E-state index contributed by atoms with van der Waals surface area (Å²) in [6, 6.07) is 6.79. The van der Waals surface area contributed by atoms with Gasteiger partial charge in [-0.1, -0.05) is 26.3 Å². The zero-order chi connectivity index (χ0) is 13.5. The third kappa shape index (κ3) is 3.93. The lowest BCUT2D eigenvalue weighted by Crippen LogP contribution is -2.20. The molecule has 0 spiro atoms. The first-order valence-electron chi connectivity index (χ1n) is 7.11. The SMILES string of the molecule is CCCC(NCC)c1ccn(Cc2cccnc2)c1. The zero-order valence-electron chi connectivity index (χ0n) is 11.8. The Balaban J connectivity index is 2.05. The highest BCUT2D eigenvalue weighted by atomic mass is 15.0. The molecule has 0 aliphatic carbocycles. The topological polar surface area (TPSA) is 29.9 Å². The summed E-state index contributed by atoms with van der Waals surface area (Å²) in [6.07, 6.45) is 10.5. The van der Waals surface area contributed by atoms with Gasteiger partial charge >= 0.3 is 0 Å². The highest BCUT2D eigenvalue weighted by Gasteiger charge is 2.10. The number of rotatable bonds is 7. The van der Waals surface area contributed by atoms with Crippen LogP contribution in [0.3, 0.4) is 0 Å². The monoisotopic (exact) mass is 257 g/mol. The average molecular weight is 257 g/mol. The predicted octanol–water partition coefficient (Wildman–Crippen LogP) is 3.38. The number of hydrogen-bond acceptors (Lipinski definition) is 2. The zero-order valence-corrected chi connectivity index (χ0v) is 11.8. The minimum atomic E-state index is 0.477. The molecule has 3 nitrogen and oxygen atoms in total. The molecule has 0 aliphatic heterocycles. The molecule has 1 unspecified atom stereocenters. The fourth-order valence-electron chi connectivity index (χ4n) is 2.39. The van der Waals surface area contributed by atoms with Crippen LogP contribution in [0.15, 0.2) is 43.0 Å². The second kappa shape index (κ2) is 7.10. The Morgan fingerprint density at radius 2 is 2.21 bits per heavy atom. The molecular formula is C16H23N3. The molecule has 2 heterocycles. The van der Waals surface area contributed by atoms with E-state index in [1.807, 2.05) is 18.5 Å². The van der Waals surface area contributed by atoms with Gasteiger partial charge in [-0.05, 0) is 36.2 Å². The maximum Gasteiger partial charge on any atom is 0.0485 e. The Morgan fingerprint density at radius 1 is 1.32 bits per heavy atom. The van der Waals surface area contributed by atoms with E-state index in [0.717, 1.165) is 13.1 Å². The van der Waals surface area contributed by atoms with E-state index in [1.165, 1.54) is 24.0 Å². The van der Waals surface area contributed by atoms with Gasteiger partial charge in [-0.2, -0.15) is 0 Å². The van der Waals surface area contributed by atoms with Crippen molar-refractivity contribution in [3.05, 3.63) is 54.1 Å². The molecule has 102 valence electrons. The molecule has 0 aromatic carbocycles. The van der Waals surface area contributed by atoms with Crippen molar-refractivity contribution in [1.82, 2.24) is 14.9 Å². The molecule has 1 N–H and O–H groups in total. The lowest BCUT2D eigenvalue weighted by molar-refractivity contribution is 0.508. The average Bonchev–Trinajstić information content (AvgIpc) is 2.88. The van der Waals surface area contributed by atoms with E-state index in [1.54, 1.807) is 0 Å². The van der Waals surface area contributed by atoms with Gasteiger partial charge < -0.3 is 9.88 Å². The summed E-state index contributed by atoms with van der Waals surface area (Å²) in [5.74, 6) is 0. The second-order valence-corrected chi connectivity index (χ2v) is 4.88. The molecule has 0 saturated heterocycles. The minimum absolute atomic E-state index is 0.477. The van der Waals surface area contributed by atoms with Crippen molar-refractivity contribution in [2.24, 2.45) is 0 Å².